The highest BCUT2D eigenvalue weighted by atomic mass is 32.2. The number of aromatic nitrogens is 2. The van der Waals surface area contributed by atoms with Crippen LogP contribution >= 0.6 is 11.8 Å². The Morgan fingerprint density at radius 1 is 1.42 bits per heavy atom. The maximum Gasteiger partial charge on any atom is 0.329 e. The molecule has 0 saturated carbocycles. The van der Waals surface area contributed by atoms with E-state index >= 15 is 0 Å². The minimum atomic E-state index is -0.435. The van der Waals surface area contributed by atoms with Gasteiger partial charge in [0, 0.05) is 23.6 Å². The van der Waals surface area contributed by atoms with Crippen LogP contribution in [0.5, 0.6) is 0 Å². The maximum atomic E-state index is 11.9. The van der Waals surface area contributed by atoms with Gasteiger partial charge in [0.1, 0.15) is 0 Å². The number of hydrogen-bond acceptors (Lipinski definition) is 5. The standard InChI is InChI=1S/C12H18N2O4S/c1-2-7-4-14(12(18)13-11(7)17)10-3-8(5-15)9(6-16)19-10/h4,8-10,15-16H,2-3,5-6H2,1H3,(H,13,17,18)/t8-,9-,10-/m1/s1. The van der Waals surface area contributed by atoms with Gasteiger partial charge in [0.15, 0.2) is 0 Å². The second-order valence-corrected chi connectivity index (χ2v) is 6.09. The van der Waals surface area contributed by atoms with E-state index in [1.807, 2.05) is 6.92 Å². The molecule has 6 nitrogen and oxygen atoms in total. The number of thioether (sulfide) groups is 1. The summed E-state index contributed by atoms with van der Waals surface area (Å²) in [6.45, 7) is 1.83. The molecule has 0 radical (unpaired) electrons. The van der Waals surface area contributed by atoms with E-state index < -0.39 is 5.69 Å². The summed E-state index contributed by atoms with van der Waals surface area (Å²) in [5, 5.41) is 18.3. The first-order chi connectivity index (χ1) is 9.10. The van der Waals surface area contributed by atoms with Crippen molar-refractivity contribution in [2.75, 3.05) is 13.2 Å². The van der Waals surface area contributed by atoms with Crippen molar-refractivity contribution in [3.63, 3.8) is 0 Å². The largest absolute Gasteiger partial charge is 0.396 e. The SMILES string of the molecule is CCc1cn([C@H]2C[C@H](CO)[C@@H](CO)S2)c(=O)[nH]c1=O. The molecule has 0 amide bonds. The molecule has 1 saturated heterocycles. The first-order valence-electron chi connectivity index (χ1n) is 6.32. The summed E-state index contributed by atoms with van der Waals surface area (Å²) in [6, 6.07) is 0. The van der Waals surface area contributed by atoms with Crippen LogP contribution in [0.1, 0.15) is 24.3 Å². The van der Waals surface area contributed by atoms with Gasteiger partial charge >= 0.3 is 5.69 Å². The van der Waals surface area contributed by atoms with Gasteiger partial charge < -0.3 is 10.2 Å². The number of rotatable bonds is 4. The zero-order chi connectivity index (χ0) is 14.0. The Morgan fingerprint density at radius 3 is 2.68 bits per heavy atom. The number of H-pyrrole nitrogens is 1. The minimum Gasteiger partial charge on any atom is -0.396 e. The van der Waals surface area contributed by atoms with Crippen LogP contribution in [0.15, 0.2) is 15.8 Å². The molecule has 3 atom stereocenters. The van der Waals surface area contributed by atoms with Crippen molar-refractivity contribution in [1.82, 2.24) is 9.55 Å². The Kier molecular flexibility index (Phi) is 4.49. The van der Waals surface area contributed by atoms with Crippen LogP contribution in [-0.2, 0) is 6.42 Å². The number of aliphatic hydroxyl groups excluding tert-OH is 2. The summed E-state index contributed by atoms with van der Waals surface area (Å²) in [4.78, 5) is 25.7. The molecule has 106 valence electrons. The number of aromatic amines is 1. The smallest absolute Gasteiger partial charge is 0.329 e. The zero-order valence-corrected chi connectivity index (χ0v) is 11.5. The lowest BCUT2D eigenvalue weighted by atomic mass is 10.0. The minimum absolute atomic E-state index is 0.00648. The molecule has 2 rings (SSSR count). The molecular formula is C12H18N2O4S. The molecule has 19 heavy (non-hydrogen) atoms. The van der Waals surface area contributed by atoms with Crippen molar-refractivity contribution in [2.24, 2.45) is 5.92 Å². The van der Waals surface area contributed by atoms with Crippen molar-refractivity contribution in [3.8, 4) is 0 Å². The lowest BCUT2D eigenvalue weighted by Crippen LogP contribution is -2.32. The highest BCUT2D eigenvalue weighted by molar-refractivity contribution is 8.00. The fourth-order valence-corrected chi connectivity index (χ4v) is 3.89. The zero-order valence-electron chi connectivity index (χ0n) is 10.7. The van der Waals surface area contributed by atoms with E-state index in [0.29, 0.717) is 18.4 Å². The third kappa shape index (κ3) is 2.77. The van der Waals surface area contributed by atoms with Gasteiger partial charge in [-0.05, 0) is 18.8 Å². The molecule has 3 N–H and O–H groups in total. The average Bonchev–Trinajstić information content (AvgIpc) is 2.82. The molecule has 2 heterocycles. The number of nitrogens with zero attached hydrogens (tertiary/aromatic N) is 1. The van der Waals surface area contributed by atoms with Crippen molar-refractivity contribution in [1.29, 1.82) is 0 Å². The number of nitrogens with one attached hydrogen (secondary N) is 1. The van der Waals surface area contributed by atoms with Crippen LogP contribution in [0.25, 0.3) is 0 Å². The summed E-state index contributed by atoms with van der Waals surface area (Å²) in [5.41, 5.74) is -0.215. The number of aliphatic hydroxyl groups is 2. The number of aryl methyl sites for hydroxylation is 1. The molecule has 1 aromatic rings. The van der Waals surface area contributed by atoms with Crippen LogP contribution in [0.2, 0.25) is 0 Å². The van der Waals surface area contributed by atoms with Crippen LogP contribution in [0, 0.1) is 5.92 Å². The fraction of sp³-hybridized carbons (Fsp3) is 0.667. The normalized spacial score (nSPS) is 26.8. The molecule has 7 heteroatoms. The van der Waals surface area contributed by atoms with Gasteiger partial charge in [0.25, 0.3) is 5.56 Å². The summed E-state index contributed by atoms with van der Waals surface area (Å²) in [6.07, 6.45) is 2.76. The predicted molar refractivity (Wildman–Crippen MR) is 73.4 cm³/mol. The Bertz CT molecular complexity index is 541. The van der Waals surface area contributed by atoms with Gasteiger partial charge in [-0.3, -0.25) is 14.3 Å². The Morgan fingerprint density at radius 2 is 2.16 bits per heavy atom. The summed E-state index contributed by atoms with van der Waals surface area (Å²) >= 11 is 1.47. The molecule has 0 aliphatic carbocycles. The maximum absolute atomic E-state index is 11.9. The Labute approximate surface area is 114 Å². The third-order valence-corrected chi connectivity index (χ3v) is 5.13. The average molecular weight is 286 g/mol. The molecule has 1 aliphatic heterocycles. The van der Waals surface area contributed by atoms with Crippen LogP contribution in [0.4, 0.5) is 0 Å². The van der Waals surface area contributed by atoms with Crippen molar-refractivity contribution >= 4 is 11.8 Å². The molecule has 0 aromatic carbocycles. The van der Waals surface area contributed by atoms with E-state index in [0.717, 1.165) is 0 Å². The van der Waals surface area contributed by atoms with Gasteiger partial charge in [0.05, 0.1) is 12.0 Å². The van der Waals surface area contributed by atoms with Crippen molar-refractivity contribution in [2.45, 2.75) is 30.4 Å². The van der Waals surface area contributed by atoms with Gasteiger partial charge in [-0.25, -0.2) is 4.79 Å². The molecule has 0 spiro atoms. The molecule has 1 fully saturated rings. The highest BCUT2D eigenvalue weighted by Gasteiger charge is 2.35. The van der Waals surface area contributed by atoms with Gasteiger partial charge in [-0.15, -0.1) is 11.8 Å². The first kappa shape index (κ1) is 14.4. The van der Waals surface area contributed by atoms with E-state index in [4.69, 9.17) is 0 Å². The van der Waals surface area contributed by atoms with E-state index in [9.17, 15) is 19.8 Å². The lowest BCUT2D eigenvalue weighted by Gasteiger charge is -2.13. The fourth-order valence-electron chi connectivity index (χ4n) is 2.34. The quantitative estimate of drug-likeness (QED) is 0.706. The lowest BCUT2D eigenvalue weighted by molar-refractivity contribution is 0.187. The first-order valence-corrected chi connectivity index (χ1v) is 7.26. The van der Waals surface area contributed by atoms with Crippen LogP contribution < -0.4 is 11.2 Å². The Balaban J connectivity index is 2.33. The van der Waals surface area contributed by atoms with Crippen LogP contribution in [-0.4, -0.2) is 38.2 Å². The molecule has 0 unspecified atom stereocenters. The van der Waals surface area contributed by atoms with E-state index in [2.05, 4.69) is 4.98 Å². The highest BCUT2D eigenvalue weighted by Crippen LogP contribution is 2.44. The van der Waals surface area contributed by atoms with E-state index in [1.54, 1.807) is 6.20 Å². The second-order valence-electron chi connectivity index (χ2n) is 4.66. The predicted octanol–water partition coefficient (Wildman–Crippen LogP) is -0.296. The topological polar surface area (TPSA) is 95.3 Å². The van der Waals surface area contributed by atoms with Crippen molar-refractivity contribution < 1.29 is 10.2 Å². The third-order valence-electron chi connectivity index (χ3n) is 3.51. The molecular weight excluding hydrogens is 268 g/mol. The van der Waals surface area contributed by atoms with Gasteiger partial charge in [-0.2, -0.15) is 0 Å². The number of hydrogen-bond donors (Lipinski definition) is 3. The molecule has 1 aromatic heterocycles. The summed E-state index contributed by atoms with van der Waals surface area (Å²) < 4.78 is 1.50. The van der Waals surface area contributed by atoms with Crippen LogP contribution in [0.3, 0.4) is 0 Å². The second kappa shape index (κ2) is 5.94. The monoisotopic (exact) mass is 286 g/mol. The van der Waals surface area contributed by atoms with Gasteiger partial charge in [0.2, 0.25) is 0 Å². The van der Waals surface area contributed by atoms with Crippen molar-refractivity contribution in [3.05, 3.63) is 32.6 Å². The van der Waals surface area contributed by atoms with E-state index in [1.165, 1.54) is 16.3 Å². The Hall–Kier alpha value is -1.05. The summed E-state index contributed by atoms with van der Waals surface area (Å²) in [7, 11) is 0. The van der Waals surface area contributed by atoms with E-state index in [-0.39, 0.29) is 35.3 Å². The summed E-state index contributed by atoms with van der Waals surface area (Å²) in [5.74, 6) is -0.0242. The molecule has 1 aliphatic rings. The molecule has 0 bridgehead atoms. The van der Waals surface area contributed by atoms with Gasteiger partial charge in [-0.1, -0.05) is 6.92 Å².